The molecule has 0 aromatic carbocycles. The Morgan fingerprint density at radius 3 is 2.60 bits per heavy atom. The normalized spacial score (nSPS) is 21.1. The fraction of sp³-hybridized carbons (Fsp3) is 0.706. The predicted molar refractivity (Wildman–Crippen MR) is 88.3 cm³/mol. The van der Waals surface area contributed by atoms with Crippen LogP contribution in [0.1, 0.15) is 40.0 Å². The van der Waals surface area contributed by atoms with Gasteiger partial charge in [0.05, 0.1) is 0 Å². The topological polar surface area (TPSA) is 26.3 Å². The molecule has 3 heteroatoms. The van der Waals surface area contributed by atoms with Crippen LogP contribution in [0.3, 0.4) is 0 Å². The van der Waals surface area contributed by atoms with Crippen LogP contribution in [-0.2, 0) is 9.53 Å². The molecule has 0 aromatic rings. The van der Waals surface area contributed by atoms with Crippen LogP contribution in [0.2, 0.25) is 14.8 Å². The molecular formula is C17H30O2Sn. The Morgan fingerprint density at radius 2 is 2.10 bits per heavy atom. The zero-order chi connectivity index (χ0) is 15.3. The molecule has 20 heavy (non-hydrogen) atoms. The molecule has 0 unspecified atom stereocenters. The van der Waals surface area contributed by atoms with E-state index in [1.165, 1.54) is 0 Å². The Balaban J connectivity index is 2.55. The number of allylic oxidation sites excluding steroid dienone is 4. The van der Waals surface area contributed by atoms with Crippen molar-refractivity contribution in [1.29, 1.82) is 0 Å². The van der Waals surface area contributed by atoms with Crippen LogP contribution >= 0.6 is 0 Å². The Hall–Kier alpha value is -0.251. The predicted octanol–water partition coefficient (Wildman–Crippen LogP) is 4.74. The van der Waals surface area contributed by atoms with Crippen molar-refractivity contribution < 1.29 is 9.53 Å². The number of carbonyl (C=O) groups excluding carboxylic acids is 1. The van der Waals surface area contributed by atoms with E-state index in [1.807, 2.05) is 0 Å². The van der Waals surface area contributed by atoms with Crippen LogP contribution < -0.4 is 0 Å². The number of hydrogen-bond acceptors (Lipinski definition) is 2. The van der Waals surface area contributed by atoms with Gasteiger partial charge in [-0.15, -0.1) is 0 Å². The molecular weight excluding hydrogens is 355 g/mol. The molecule has 0 saturated heterocycles. The van der Waals surface area contributed by atoms with Gasteiger partial charge in [0.2, 0.25) is 0 Å². The van der Waals surface area contributed by atoms with Gasteiger partial charge >= 0.3 is 128 Å². The van der Waals surface area contributed by atoms with Gasteiger partial charge < -0.3 is 0 Å². The number of ether oxygens (including phenoxy) is 1. The first kappa shape index (κ1) is 17.8. The van der Waals surface area contributed by atoms with Crippen molar-refractivity contribution in [2.24, 2.45) is 11.8 Å². The van der Waals surface area contributed by atoms with Crippen molar-refractivity contribution in [3.8, 4) is 0 Å². The second kappa shape index (κ2) is 7.67. The zero-order valence-electron chi connectivity index (χ0n) is 14.0. The Morgan fingerprint density at radius 1 is 1.45 bits per heavy atom. The third-order valence-electron chi connectivity index (χ3n) is 3.94. The van der Waals surface area contributed by atoms with E-state index in [4.69, 9.17) is 4.74 Å². The zero-order valence-corrected chi connectivity index (χ0v) is 16.8. The molecule has 0 aliphatic heterocycles. The van der Waals surface area contributed by atoms with Gasteiger partial charge in [0.25, 0.3) is 0 Å². The molecule has 1 aliphatic rings. The van der Waals surface area contributed by atoms with Gasteiger partial charge in [-0.2, -0.15) is 0 Å². The van der Waals surface area contributed by atoms with Gasteiger partial charge in [-0.3, -0.25) is 0 Å². The van der Waals surface area contributed by atoms with Crippen molar-refractivity contribution in [2.45, 2.75) is 54.9 Å². The van der Waals surface area contributed by atoms with E-state index in [2.05, 4.69) is 41.7 Å². The number of rotatable bonds is 6. The third kappa shape index (κ3) is 6.02. The molecule has 114 valence electrons. The first-order valence-corrected chi connectivity index (χ1v) is 17.7. The average molecular weight is 385 g/mol. The Kier molecular flexibility index (Phi) is 6.83. The second-order valence-corrected chi connectivity index (χ2v) is 22.4. The van der Waals surface area contributed by atoms with Crippen LogP contribution in [0.25, 0.3) is 0 Å². The minimum atomic E-state index is -1.91. The van der Waals surface area contributed by atoms with E-state index < -0.39 is 18.4 Å². The molecule has 0 fully saturated rings. The van der Waals surface area contributed by atoms with Crippen LogP contribution in [0.4, 0.5) is 0 Å². The number of carbonyl (C=O) groups is 1. The molecule has 0 spiro atoms. The van der Waals surface area contributed by atoms with E-state index in [-0.39, 0.29) is 11.7 Å². The van der Waals surface area contributed by atoms with Crippen LogP contribution in [0.5, 0.6) is 0 Å². The van der Waals surface area contributed by atoms with E-state index in [9.17, 15) is 4.79 Å². The summed E-state index contributed by atoms with van der Waals surface area (Å²) in [7, 11) is 0. The van der Waals surface area contributed by atoms with Gasteiger partial charge in [0.15, 0.2) is 0 Å². The number of ketones is 1. The summed E-state index contributed by atoms with van der Waals surface area (Å²) < 4.78 is 7.25. The summed E-state index contributed by atoms with van der Waals surface area (Å²) in [5.74, 6) is 1.82. The van der Waals surface area contributed by atoms with E-state index in [0.29, 0.717) is 12.5 Å². The second-order valence-electron chi connectivity index (χ2n) is 7.33. The number of hydrogen-bond donors (Lipinski definition) is 0. The van der Waals surface area contributed by atoms with Gasteiger partial charge in [-0.1, -0.05) is 0 Å². The molecule has 1 rings (SSSR count). The van der Waals surface area contributed by atoms with Crippen molar-refractivity contribution >= 4 is 24.2 Å². The Bertz CT molecular complexity index is 400. The van der Waals surface area contributed by atoms with Gasteiger partial charge in [-0.25, -0.2) is 0 Å². The molecule has 0 radical (unpaired) electrons. The van der Waals surface area contributed by atoms with Crippen molar-refractivity contribution in [3.63, 3.8) is 0 Å². The molecule has 0 amide bonds. The molecule has 0 aromatic heterocycles. The van der Waals surface area contributed by atoms with Gasteiger partial charge in [0, 0.05) is 0 Å². The molecule has 2 nitrogen and oxygen atoms in total. The van der Waals surface area contributed by atoms with Crippen molar-refractivity contribution in [1.82, 2.24) is 0 Å². The summed E-state index contributed by atoms with van der Waals surface area (Å²) in [6.07, 6.45) is 6.82. The maximum atomic E-state index is 12.1. The minimum absolute atomic E-state index is 0.171. The summed E-state index contributed by atoms with van der Waals surface area (Å²) in [6, 6.07) is 0. The summed E-state index contributed by atoms with van der Waals surface area (Å²) in [5, 5.41) is 0. The van der Waals surface area contributed by atoms with Crippen LogP contribution in [0, 0.1) is 11.8 Å². The fourth-order valence-electron chi connectivity index (χ4n) is 2.05. The summed E-state index contributed by atoms with van der Waals surface area (Å²) in [5.41, 5.74) is 0. The summed E-state index contributed by atoms with van der Waals surface area (Å²) in [4.78, 5) is 19.4. The van der Waals surface area contributed by atoms with E-state index in [1.54, 1.807) is 9.67 Å². The van der Waals surface area contributed by atoms with Gasteiger partial charge in [-0.05, 0) is 0 Å². The van der Waals surface area contributed by atoms with Crippen LogP contribution in [0.15, 0.2) is 21.5 Å². The molecule has 0 saturated carbocycles. The van der Waals surface area contributed by atoms with Crippen molar-refractivity contribution in [2.75, 3.05) is 6.61 Å². The first-order valence-electron chi connectivity index (χ1n) is 7.74. The molecule has 1 atom stereocenters. The standard InChI is InChI=1S/C14H21O2.3CH3.Sn/c1-4-5-6-12-7-8-13(9-14(12)15)16-10-11(2)3;;;;/h5,9,11-12H,6-8,10H2,1-3H3;3*1H3;/t12-;;;;/m0..../s1. The third-order valence-corrected chi connectivity index (χ3v) is 11.3. The first-order chi connectivity index (χ1) is 9.20. The van der Waals surface area contributed by atoms with Crippen molar-refractivity contribution in [3.05, 3.63) is 21.5 Å². The molecule has 1 aliphatic carbocycles. The fourth-order valence-corrected chi connectivity index (χ4v) is 4.14. The van der Waals surface area contributed by atoms with E-state index >= 15 is 0 Å². The van der Waals surface area contributed by atoms with E-state index in [0.717, 1.165) is 25.0 Å². The molecule has 0 heterocycles. The summed E-state index contributed by atoms with van der Waals surface area (Å²) >= 11 is -1.91. The van der Waals surface area contributed by atoms with Crippen LogP contribution in [-0.4, -0.2) is 30.8 Å². The summed E-state index contributed by atoms with van der Waals surface area (Å²) in [6.45, 7) is 7.21. The Labute approximate surface area is 128 Å². The average Bonchev–Trinajstić information content (AvgIpc) is 2.33. The SMILES string of the molecule is C/[C](=C/C[C@H]1CCC(OCC(C)C)=CC1=O)[Sn]([CH3])([CH3])[CH3]. The monoisotopic (exact) mass is 386 g/mol. The maximum absolute atomic E-state index is 12.1. The quantitative estimate of drug-likeness (QED) is 0.618. The van der Waals surface area contributed by atoms with Gasteiger partial charge in [0.1, 0.15) is 0 Å². The molecule has 0 N–H and O–H groups in total. The molecule has 0 bridgehead atoms.